The zero-order valence-electron chi connectivity index (χ0n) is 9.24. The van der Waals surface area contributed by atoms with Gasteiger partial charge in [0.1, 0.15) is 0 Å². The van der Waals surface area contributed by atoms with E-state index in [4.69, 9.17) is 10.8 Å². The van der Waals surface area contributed by atoms with Crippen LogP contribution in [0.2, 0.25) is 0 Å². The van der Waals surface area contributed by atoms with Crippen LogP contribution in [-0.2, 0) is 4.79 Å². The van der Waals surface area contributed by atoms with Crippen LogP contribution < -0.4 is 5.73 Å². The first-order valence-corrected chi connectivity index (χ1v) is 6.10. The zero-order valence-corrected chi connectivity index (χ0v) is 9.24. The lowest BCUT2D eigenvalue weighted by molar-refractivity contribution is -0.146. The van der Waals surface area contributed by atoms with Gasteiger partial charge in [-0.05, 0) is 36.6 Å². The van der Waals surface area contributed by atoms with Crippen molar-refractivity contribution >= 4 is 5.97 Å². The van der Waals surface area contributed by atoms with Gasteiger partial charge >= 0.3 is 5.97 Å². The fourth-order valence-corrected chi connectivity index (χ4v) is 3.76. The summed E-state index contributed by atoms with van der Waals surface area (Å²) in [6, 6.07) is 0. The number of carbonyl (C=O) groups is 1. The Balaban J connectivity index is 2.05. The minimum atomic E-state index is -0.678. The quantitative estimate of drug-likeness (QED) is 0.750. The van der Waals surface area contributed by atoms with Crippen LogP contribution in [0.3, 0.4) is 0 Å². The molecule has 3 heteroatoms. The molecule has 3 N–H and O–H groups in total. The van der Waals surface area contributed by atoms with E-state index in [0.29, 0.717) is 12.5 Å². The Hall–Kier alpha value is -0.570. The SMILES string of the molecule is NC[C@]1(CC(=O)O)C[C@H]2CCCCC[C@H]21. The molecular formula is C12H21NO2. The maximum atomic E-state index is 10.9. The second-order valence-corrected chi connectivity index (χ2v) is 5.35. The number of hydrogen-bond acceptors (Lipinski definition) is 2. The van der Waals surface area contributed by atoms with Crippen LogP contribution in [0.15, 0.2) is 0 Å². The summed E-state index contributed by atoms with van der Waals surface area (Å²) in [5.41, 5.74) is 5.76. The van der Waals surface area contributed by atoms with Gasteiger partial charge in [0.15, 0.2) is 0 Å². The molecule has 2 saturated carbocycles. The Morgan fingerprint density at radius 2 is 2.07 bits per heavy atom. The van der Waals surface area contributed by atoms with Crippen molar-refractivity contribution in [1.29, 1.82) is 0 Å². The molecule has 0 aromatic heterocycles. The number of nitrogens with two attached hydrogens (primary N) is 1. The molecule has 0 aliphatic heterocycles. The first-order valence-electron chi connectivity index (χ1n) is 6.10. The van der Waals surface area contributed by atoms with Crippen molar-refractivity contribution in [2.75, 3.05) is 6.54 Å². The molecule has 2 aliphatic carbocycles. The van der Waals surface area contributed by atoms with Gasteiger partial charge in [-0.1, -0.05) is 25.7 Å². The molecule has 15 heavy (non-hydrogen) atoms. The molecule has 2 rings (SSSR count). The summed E-state index contributed by atoms with van der Waals surface area (Å²) in [5, 5.41) is 8.95. The average molecular weight is 211 g/mol. The number of carboxylic acids is 1. The van der Waals surface area contributed by atoms with Gasteiger partial charge in [-0.25, -0.2) is 0 Å². The van der Waals surface area contributed by atoms with Crippen molar-refractivity contribution in [3.05, 3.63) is 0 Å². The third-order valence-electron chi connectivity index (χ3n) is 4.52. The lowest BCUT2D eigenvalue weighted by atomic mass is 9.51. The summed E-state index contributed by atoms with van der Waals surface area (Å²) in [5.74, 6) is 0.694. The molecule has 3 nitrogen and oxygen atoms in total. The fraction of sp³-hybridized carbons (Fsp3) is 0.917. The van der Waals surface area contributed by atoms with Crippen molar-refractivity contribution in [3.63, 3.8) is 0 Å². The number of rotatable bonds is 3. The van der Waals surface area contributed by atoms with Crippen LogP contribution in [0.5, 0.6) is 0 Å². The predicted octanol–water partition coefficient (Wildman–Crippen LogP) is 2.01. The molecule has 0 unspecified atom stereocenters. The van der Waals surface area contributed by atoms with E-state index in [9.17, 15) is 4.79 Å². The third kappa shape index (κ3) is 1.89. The monoisotopic (exact) mass is 211 g/mol. The highest BCUT2D eigenvalue weighted by Gasteiger charge is 2.53. The van der Waals surface area contributed by atoms with E-state index in [2.05, 4.69) is 0 Å². The smallest absolute Gasteiger partial charge is 0.303 e. The van der Waals surface area contributed by atoms with Crippen LogP contribution in [0.1, 0.15) is 44.9 Å². The van der Waals surface area contributed by atoms with Crippen molar-refractivity contribution in [3.8, 4) is 0 Å². The van der Waals surface area contributed by atoms with Gasteiger partial charge in [-0.15, -0.1) is 0 Å². The molecule has 3 atom stereocenters. The summed E-state index contributed by atoms with van der Waals surface area (Å²) in [7, 11) is 0. The van der Waals surface area contributed by atoms with Crippen molar-refractivity contribution in [2.24, 2.45) is 23.0 Å². The molecule has 0 amide bonds. The second kappa shape index (κ2) is 4.12. The van der Waals surface area contributed by atoms with E-state index in [1.807, 2.05) is 0 Å². The summed E-state index contributed by atoms with van der Waals surface area (Å²) in [4.78, 5) is 10.9. The Morgan fingerprint density at radius 1 is 1.33 bits per heavy atom. The number of carboxylic acid groups (broad SMARTS) is 1. The molecule has 86 valence electrons. The van der Waals surface area contributed by atoms with E-state index in [1.165, 1.54) is 32.1 Å². The van der Waals surface area contributed by atoms with Gasteiger partial charge in [0, 0.05) is 0 Å². The molecule has 0 heterocycles. The van der Waals surface area contributed by atoms with E-state index in [0.717, 1.165) is 12.3 Å². The maximum absolute atomic E-state index is 10.9. The molecule has 0 bridgehead atoms. The highest BCUT2D eigenvalue weighted by atomic mass is 16.4. The van der Waals surface area contributed by atoms with Gasteiger partial charge < -0.3 is 10.8 Å². The van der Waals surface area contributed by atoms with Crippen LogP contribution in [-0.4, -0.2) is 17.6 Å². The molecule has 2 aliphatic rings. The number of aliphatic carboxylic acids is 1. The summed E-state index contributed by atoms with van der Waals surface area (Å²) >= 11 is 0. The fourth-order valence-electron chi connectivity index (χ4n) is 3.76. The minimum absolute atomic E-state index is 0.0547. The van der Waals surface area contributed by atoms with Gasteiger partial charge in [0.05, 0.1) is 6.42 Å². The Bertz CT molecular complexity index is 254. The van der Waals surface area contributed by atoms with Crippen LogP contribution in [0.25, 0.3) is 0 Å². The molecule has 0 spiro atoms. The van der Waals surface area contributed by atoms with Gasteiger partial charge in [0.25, 0.3) is 0 Å². The highest BCUT2D eigenvalue weighted by Crippen LogP contribution is 2.57. The number of hydrogen-bond donors (Lipinski definition) is 2. The molecular weight excluding hydrogens is 190 g/mol. The van der Waals surface area contributed by atoms with E-state index < -0.39 is 5.97 Å². The third-order valence-corrected chi connectivity index (χ3v) is 4.52. The van der Waals surface area contributed by atoms with E-state index >= 15 is 0 Å². The second-order valence-electron chi connectivity index (χ2n) is 5.35. The zero-order chi connectivity index (χ0) is 10.9. The summed E-state index contributed by atoms with van der Waals surface area (Å²) in [6.07, 6.45) is 7.75. The molecule has 0 saturated heterocycles. The van der Waals surface area contributed by atoms with Crippen LogP contribution in [0, 0.1) is 17.3 Å². The van der Waals surface area contributed by atoms with Crippen LogP contribution in [0.4, 0.5) is 0 Å². The van der Waals surface area contributed by atoms with E-state index in [1.54, 1.807) is 0 Å². The molecule has 2 fully saturated rings. The summed E-state index contributed by atoms with van der Waals surface area (Å²) in [6.45, 7) is 0.556. The van der Waals surface area contributed by atoms with Crippen LogP contribution >= 0.6 is 0 Å². The van der Waals surface area contributed by atoms with Crippen molar-refractivity contribution in [2.45, 2.75) is 44.9 Å². The molecule has 0 radical (unpaired) electrons. The largest absolute Gasteiger partial charge is 0.481 e. The first-order chi connectivity index (χ1) is 7.18. The first kappa shape index (κ1) is 10.9. The summed E-state index contributed by atoms with van der Waals surface area (Å²) < 4.78 is 0. The normalized spacial score (nSPS) is 40.1. The Kier molecular flexibility index (Phi) is 3.01. The van der Waals surface area contributed by atoms with Crippen molar-refractivity contribution in [1.82, 2.24) is 0 Å². The minimum Gasteiger partial charge on any atom is -0.481 e. The lowest BCUT2D eigenvalue weighted by Gasteiger charge is -2.54. The average Bonchev–Trinajstić information content (AvgIpc) is 2.36. The topological polar surface area (TPSA) is 63.3 Å². The Morgan fingerprint density at radius 3 is 2.73 bits per heavy atom. The van der Waals surface area contributed by atoms with Gasteiger partial charge in [-0.2, -0.15) is 0 Å². The van der Waals surface area contributed by atoms with Gasteiger partial charge in [0.2, 0.25) is 0 Å². The lowest BCUT2D eigenvalue weighted by Crippen LogP contribution is -2.53. The molecule has 0 aromatic carbocycles. The van der Waals surface area contributed by atoms with Crippen molar-refractivity contribution < 1.29 is 9.90 Å². The highest BCUT2D eigenvalue weighted by molar-refractivity contribution is 5.68. The van der Waals surface area contributed by atoms with Gasteiger partial charge in [-0.3, -0.25) is 4.79 Å². The van der Waals surface area contributed by atoms with E-state index in [-0.39, 0.29) is 11.8 Å². The maximum Gasteiger partial charge on any atom is 0.303 e. The standard InChI is InChI=1S/C12H21NO2/c13-8-12(7-11(14)15)6-9-4-2-1-3-5-10(9)12/h9-10H,1-8,13H2,(H,14,15)/t9-,10-,12-/m1/s1. The predicted molar refractivity (Wildman–Crippen MR) is 58.4 cm³/mol. The number of fused-ring (bicyclic) bond motifs is 1. The molecule has 0 aromatic rings. The Labute approximate surface area is 91.0 Å².